The van der Waals surface area contributed by atoms with E-state index >= 15 is 0 Å². The number of ketones is 1. The van der Waals surface area contributed by atoms with Crippen molar-refractivity contribution in [1.29, 1.82) is 0 Å². The van der Waals surface area contributed by atoms with Crippen molar-refractivity contribution in [2.45, 2.75) is 32.3 Å². The van der Waals surface area contributed by atoms with Crippen molar-refractivity contribution in [3.05, 3.63) is 83.4 Å². The van der Waals surface area contributed by atoms with Gasteiger partial charge in [-0.25, -0.2) is 0 Å². The van der Waals surface area contributed by atoms with E-state index in [2.05, 4.69) is 0 Å². The zero-order chi connectivity index (χ0) is 16.9. The largest absolute Gasteiger partial charge is 0.384 e. The Hall–Kier alpha value is -2.19. The maximum Gasteiger partial charge on any atom is 0.166 e. The minimum absolute atomic E-state index is 0.0327. The van der Waals surface area contributed by atoms with Gasteiger partial charge in [0.25, 0.3) is 0 Å². The molecule has 1 saturated carbocycles. The number of hydrogen-bond acceptors (Lipinski definition) is 2. The summed E-state index contributed by atoms with van der Waals surface area (Å²) >= 11 is 0. The lowest BCUT2D eigenvalue weighted by Gasteiger charge is -2.17. The zero-order valence-electron chi connectivity index (χ0n) is 14.1. The number of Topliss-reactive ketones (excluding diaryl/α,β-unsaturated/α-hetero) is 1. The average molecular weight is 320 g/mol. The Morgan fingerprint density at radius 3 is 2.54 bits per heavy atom. The third kappa shape index (κ3) is 3.65. The number of aryl methyl sites for hydroxylation is 1. The van der Waals surface area contributed by atoms with Crippen LogP contribution >= 0.6 is 0 Å². The normalized spacial score (nSPS) is 21.9. The summed E-state index contributed by atoms with van der Waals surface area (Å²) in [6.45, 7) is 1.99. The molecule has 0 amide bonds. The molecule has 0 heterocycles. The standard InChI is InChI=1S/C22H24O2/c1-16-8-5-6-12-19(16)22(24)20-13-7-11-17(20)14-15-21(23)18-9-3-2-4-10-18/h2-6,8-10,12,14-15,17,20-21,23H,7,11,13H2,1H3/b15-14+/t17-,20+,21?/m1/s1. The summed E-state index contributed by atoms with van der Waals surface area (Å²) in [5.74, 6) is 0.496. The Bertz CT molecular complexity index is 718. The third-order valence-electron chi connectivity index (χ3n) is 5.00. The Morgan fingerprint density at radius 1 is 1.08 bits per heavy atom. The number of carbonyl (C=O) groups is 1. The molecule has 1 N–H and O–H groups in total. The molecule has 3 atom stereocenters. The first-order valence-corrected chi connectivity index (χ1v) is 8.68. The van der Waals surface area contributed by atoms with Crippen LogP contribution in [-0.4, -0.2) is 10.9 Å². The number of aliphatic hydroxyl groups excluding tert-OH is 1. The van der Waals surface area contributed by atoms with Gasteiger partial charge >= 0.3 is 0 Å². The van der Waals surface area contributed by atoms with Gasteiger partial charge in [0, 0.05) is 11.5 Å². The van der Waals surface area contributed by atoms with Crippen LogP contribution in [0.15, 0.2) is 66.7 Å². The summed E-state index contributed by atoms with van der Waals surface area (Å²) < 4.78 is 0. The van der Waals surface area contributed by atoms with Gasteiger partial charge in [-0.05, 0) is 36.8 Å². The van der Waals surface area contributed by atoms with E-state index in [4.69, 9.17) is 0 Å². The molecule has 0 bridgehead atoms. The fraction of sp³-hybridized carbons (Fsp3) is 0.318. The fourth-order valence-electron chi connectivity index (χ4n) is 3.60. The Balaban J connectivity index is 1.73. The predicted molar refractivity (Wildman–Crippen MR) is 96.9 cm³/mol. The SMILES string of the molecule is Cc1ccccc1C(=O)[C@H]1CCC[C@@H]1/C=C/C(O)c1ccccc1. The molecule has 0 spiro atoms. The summed E-state index contributed by atoms with van der Waals surface area (Å²) in [5, 5.41) is 10.3. The molecule has 2 aromatic rings. The predicted octanol–water partition coefficient (Wildman–Crippen LogP) is 4.88. The quantitative estimate of drug-likeness (QED) is 0.629. The van der Waals surface area contributed by atoms with Gasteiger partial charge < -0.3 is 5.11 Å². The van der Waals surface area contributed by atoms with Crippen molar-refractivity contribution in [1.82, 2.24) is 0 Å². The van der Waals surface area contributed by atoms with E-state index in [1.165, 1.54) is 0 Å². The molecule has 3 rings (SSSR count). The van der Waals surface area contributed by atoms with Crippen LogP contribution in [0.4, 0.5) is 0 Å². The Kier molecular flexibility index (Phi) is 5.27. The van der Waals surface area contributed by atoms with Crippen LogP contribution in [0, 0.1) is 18.8 Å². The Morgan fingerprint density at radius 2 is 1.79 bits per heavy atom. The molecule has 2 nitrogen and oxygen atoms in total. The molecule has 2 aromatic carbocycles. The van der Waals surface area contributed by atoms with Gasteiger partial charge in [0.1, 0.15) is 0 Å². The number of aliphatic hydroxyl groups is 1. The Labute approximate surface area is 143 Å². The lowest BCUT2D eigenvalue weighted by Crippen LogP contribution is -2.19. The first-order valence-electron chi connectivity index (χ1n) is 8.68. The van der Waals surface area contributed by atoms with Crippen molar-refractivity contribution in [2.75, 3.05) is 0 Å². The highest BCUT2D eigenvalue weighted by molar-refractivity contribution is 5.99. The van der Waals surface area contributed by atoms with E-state index in [9.17, 15) is 9.90 Å². The van der Waals surface area contributed by atoms with Crippen LogP contribution in [0.5, 0.6) is 0 Å². The van der Waals surface area contributed by atoms with Gasteiger partial charge in [0.15, 0.2) is 5.78 Å². The smallest absolute Gasteiger partial charge is 0.166 e. The van der Waals surface area contributed by atoms with Gasteiger partial charge in [-0.1, -0.05) is 73.2 Å². The van der Waals surface area contributed by atoms with E-state index in [1.807, 2.05) is 73.7 Å². The molecule has 1 fully saturated rings. The van der Waals surface area contributed by atoms with Crippen LogP contribution in [-0.2, 0) is 0 Å². The van der Waals surface area contributed by atoms with Gasteiger partial charge in [0.2, 0.25) is 0 Å². The van der Waals surface area contributed by atoms with Crippen LogP contribution in [0.2, 0.25) is 0 Å². The second-order valence-corrected chi connectivity index (χ2v) is 6.62. The first kappa shape index (κ1) is 16.7. The van der Waals surface area contributed by atoms with Crippen LogP contribution in [0.25, 0.3) is 0 Å². The highest BCUT2D eigenvalue weighted by Gasteiger charge is 2.32. The van der Waals surface area contributed by atoms with Gasteiger partial charge in [-0.15, -0.1) is 0 Å². The number of hydrogen-bond donors (Lipinski definition) is 1. The van der Waals surface area contributed by atoms with E-state index < -0.39 is 6.10 Å². The summed E-state index contributed by atoms with van der Waals surface area (Å²) in [6, 6.07) is 17.4. The molecule has 0 saturated heterocycles. The number of rotatable bonds is 5. The molecule has 1 unspecified atom stereocenters. The summed E-state index contributed by atoms with van der Waals surface area (Å²) in [4.78, 5) is 12.9. The molecule has 24 heavy (non-hydrogen) atoms. The maximum atomic E-state index is 12.9. The summed E-state index contributed by atoms with van der Waals surface area (Å²) in [7, 11) is 0. The summed E-state index contributed by atoms with van der Waals surface area (Å²) in [5.41, 5.74) is 2.77. The molecule has 0 aliphatic heterocycles. The highest BCUT2D eigenvalue weighted by Crippen LogP contribution is 2.36. The number of benzene rings is 2. The minimum Gasteiger partial charge on any atom is -0.384 e. The van der Waals surface area contributed by atoms with Gasteiger partial charge in [0.05, 0.1) is 6.10 Å². The van der Waals surface area contributed by atoms with Crippen LogP contribution in [0.1, 0.15) is 46.9 Å². The van der Waals surface area contributed by atoms with Crippen molar-refractivity contribution in [2.24, 2.45) is 11.8 Å². The molecular formula is C22H24O2. The molecule has 2 heteroatoms. The van der Waals surface area contributed by atoms with E-state index in [0.29, 0.717) is 0 Å². The second kappa shape index (κ2) is 7.59. The topological polar surface area (TPSA) is 37.3 Å². The number of carbonyl (C=O) groups excluding carboxylic acids is 1. The highest BCUT2D eigenvalue weighted by atomic mass is 16.3. The molecule has 0 aromatic heterocycles. The van der Waals surface area contributed by atoms with Crippen molar-refractivity contribution < 1.29 is 9.90 Å². The molecular weight excluding hydrogens is 296 g/mol. The van der Waals surface area contributed by atoms with E-state index in [-0.39, 0.29) is 17.6 Å². The minimum atomic E-state index is -0.610. The molecule has 1 aliphatic carbocycles. The van der Waals surface area contributed by atoms with Crippen molar-refractivity contribution in [3.63, 3.8) is 0 Å². The zero-order valence-corrected chi connectivity index (χ0v) is 14.1. The van der Waals surface area contributed by atoms with E-state index in [1.54, 1.807) is 0 Å². The van der Waals surface area contributed by atoms with E-state index in [0.717, 1.165) is 36.0 Å². The maximum absolute atomic E-state index is 12.9. The first-order chi connectivity index (χ1) is 11.7. The van der Waals surface area contributed by atoms with Crippen LogP contribution in [0.3, 0.4) is 0 Å². The van der Waals surface area contributed by atoms with Crippen LogP contribution < -0.4 is 0 Å². The fourth-order valence-corrected chi connectivity index (χ4v) is 3.60. The van der Waals surface area contributed by atoms with Gasteiger partial charge in [-0.2, -0.15) is 0 Å². The lowest BCUT2D eigenvalue weighted by atomic mass is 9.86. The van der Waals surface area contributed by atoms with Gasteiger partial charge in [-0.3, -0.25) is 4.79 Å². The number of allylic oxidation sites excluding steroid dienone is 1. The van der Waals surface area contributed by atoms with Crippen molar-refractivity contribution in [3.8, 4) is 0 Å². The lowest BCUT2D eigenvalue weighted by molar-refractivity contribution is 0.0903. The molecule has 0 radical (unpaired) electrons. The second-order valence-electron chi connectivity index (χ2n) is 6.62. The third-order valence-corrected chi connectivity index (χ3v) is 5.00. The average Bonchev–Trinajstić information content (AvgIpc) is 3.09. The molecule has 1 aliphatic rings. The van der Waals surface area contributed by atoms with Crippen molar-refractivity contribution >= 4 is 5.78 Å². The monoisotopic (exact) mass is 320 g/mol. The summed E-state index contributed by atoms with van der Waals surface area (Å²) in [6.07, 6.45) is 6.29. The molecule has 124 valence electrons.